The number of methoxy groups -OCH3 is 1. The summed E-state index contributed by atoms with van der Waals surface area (Å²) < 4.78 is 5.15. The van der Waals surface area contributed by atoms with E-state index in [9.17, 15) is 9.59 Å². The smallest absolute Gasteiger partial charge is 0.272 e. The normalized spacial score (nSPS) is 13.4. The number of pyridine rings is 1. The Balaban J connectivity index is 1.89. The number of nitrogens with two attached hydrogens (primary N) is 1. The molecule has 1 aromatic heterocycles. The van der Waals surface area contributed by atoms with E-state index in [0.717, 1.165) is 24.2 Å². The van der Waals surface area contributed by atoms with Crippen molar-refractivity contribution in [2.24, 2.45) is 5.73 Å². The van der Waals surface area contributed by atoms with Crippen LogP contribution in [-0.4, -0.2) is 41.9 Å². The Kier molecular flexibility index (Phi) is 4.70. The topological polar surface area (TPSA) is 85.5 Å². The third-order valence-electron chi connectivity index (χ3n) is 4.34. The SMILES string of the molecule is COc1ccc(Cc2cc(C(N)=O)cc(C(=O)N(C)C3CC3)n2)cc1. The van der Waals surface area contributed by atoms with Gasteiger partial charge in [-0.05, 0) is 42.7 Å². The number of carbonyl (C=O) groups excluding carboxylic acids is 2. The molecule has 2 amide bonds. The highest BCUT2D eigenvalue weighted by atomic mass is 16.5. The van der Waals surface area contributed by atoms with Gasteiger partial charge in [0.1, 0.15) is 11.4 Å². The number of ether oxygens (including phenoxy) is 1. The second-order valence-corrected chi connectivity index (χ2v) is 6.27. The average Bonchev–Trinajstić information content (AvgIpc) is 3.46. The molecular formula is C19H21N3O3. The van der Waals surface area contributed by atoms with Gasteiger partial charge in [-0.1, -0.05) is 12.1 Å². The predicted octanol–water partition coefficient (Wildman–Crippen LogP) is 2.01. The molecule has 2 aromatic rings. The van der Waals surface area contributed by atoms with E-state index in [2.05, 4.69) is 4.98 Å². The van der Waals surface area contributed by atoms with E-state index in [1.807, 2.05) is 24.3 Å². The van der Waals surface area contributed by atoms with Crippen LogP contribution in [0.3, 0.4) is 0 Å². The van der Waals surface area contributed by atoms with Crippen LogP contribution in [0.5, 0.6) is 5.75 Å². The predicted molar refractivity (Wildman–Crippen MR) is 93.7 cm³/mol. The summed E-state index contributed by atoms with van der Waals surface area (Å²) in [6.07, 6.45) is 2.52. The molecule has 0 atom stereocenters. The molecule has 0 saturated heterocycles. The van der Waals surface area contributed by atoms with Crippen molar-refractivity contribution in [3.05, 3.63) is 58.9 Å². The molecule has 6 heteroatoms. The lowest BCUT2D eigenvalue weighted by Crippen LogP contribution is -2.30. The van der Waals surface area contributed by atoms with Crippen LogP contribution >= 0.6 is 0 Å². The van der Waals surface area contributed by atoms with Crippen LogP contribution in [0.15, 0.2) is 36.4 Å². The molecule has 1 fully saturated rings. The number of amides is 2. The van der Waals surface area contributed by atoms with Crippen LogP contribution in [0.4, 0.5) is 0 Å². The van der Waals surface area contributed by atoms with Crippen LogP contribution in [0.25, 0.3) is 0 Å². The molecule has 25 heavy (non-hydrogen) atoms. The van der Waals surface area contributed by atoms with Crippen LogP contribution < -0.4 is 10.5 Å². The Hall–Kier alpha value is -2.89. The van der Waals surface area contributed by atoms with Gasteiger partial charge in [0.15, 0.2) is 0 Å². The number of benzene rings is 1. The summed E-state index contributed by atoms with van der Waals surface area (Å²) in [5.41, 5.74) is 7.62. The monoisotopic (exact) mass is 339 g/mol. The maximum Gasteiger partial charge on any atom is 0.272 e. The van der Waals surface area contributed by atoms with Gasteiger partial charge in [0.25, 0.3) is 5.91 Å². The van der Waals surface area contributed by atoms with E-state index in [0.29, 0.717) is 17.7 Å². The highest BCUT2D eigenvalue weighted by Gasteiger charge is 2.31. The summed E-state index contributed by atoms with van der Waals surface area (Å²) in [4.78, 5) is 30.4. The molecule has 1 heterocycles. The maximum absolute atomic E-state index is 12.6. The minimum absolute atomic E-state index is 0.179. The van der Waals surface area contributed by atoms with Gasteiger partial charge < -0.3 is 15.4 Å². The van der Waals surface area contributed by atoms with Gasteiger partial charge in [-0.15, -0.1) is 0 Å². The number of nitrogens with zero attached hydrogens (tertiary/aromatic N) is 2. The molecule has 2 N–H and O–H groups in total. The fraction of sp³-hybridized carbons (Fsp3) is 0.316. The van der Waals surface area contributed by atoms with Crippen molar-refractivity contribution < 1.29 is 14.3 Å². The highest BCUT2D eigenvalue weighted by Crippen LogP contribution is 2.26. The quantitative estimate of drug-likeness (QED) is 0.872. The Morgan fingerprint density at radius 3 is 2.48 bits per heavy atom. The van der Waals surface area contributed by atoms with Crippen LogP contribution in [-0.2, 0) is 6.42 Å². The van der Waals surface area contributed by atoms with Gasteiger partial charge in [-0.25, -0.2) is 4.98 Å². The number of rotatable bonds is 6. The number of hydrogen-bond acceptors (Lipinski definition) is 4. The lowest BCUT2D eigenvalue weighted by molar-refractivity contribution is 0.0779. The van der Waals surface area contributed by atoms with Gasteiger partial charge in [0.2, 0.25) is 5.91 Å². The van der Waals surface area contributed by atoms with Gasteiger partial charge in [0.05, 0.1) is 7.11 Å². The molecule has 3 rings (SSSR count). The van der Waals surface area contributed by atoms with E-state index in [1.165, 1.54) is 6.07 Å². The lowest BCUT2D eigenvalue weighted by Gasteiger charge is -2.16. The zero-order chi connectivity index (χ0) is 18.0. The average molecular weight is 339 g/mol. The first kappa shape index (κ1) is 17.0. The zero-order valence-electron chi connectivity index (χ0n) is 14.4. The summed E-state index contributed by atoms with van der Waals surface area (Å²) in [5.74, 6) is 0.0209. The molecule has 0 radical (unpaired) electrons. The van der Waals surface area contributed by atoms with Crippen molar-refractivity contribution in [2.45, 2.75) is 25.3 Å². The number of primary amides is 1. The number of carbonyl (C=O) groups is 2. The van der Waals surface area contributed by atoms with Crippen molar-refractivity contribution in [3.63, 3.8) is 0 Å². The molecule has 1 aromatic carbocycles. The first-order valence-electron chi connectivity index (χ1n) is 8.19. The largest absolute Gasteiger partial charge is 0.497 e. The summed E-state index contributed by atoms with van der Waals surface area (Å²) in [6.45, 7) is 0. The fourth-order valence-corrected chi connectivity index (χ4v) is 2.69. The standard InChI is InChI=1S/C19H21N3O3/c1-22(15-5-6-15)19(24)17-11-13(18(20)23)10-14(21-17)9-12-3-7-16(25-2)8-4-12/h3-4,7-8,10-11,15H,5-6,9H2,1-2H3,(H2,20,23). The van der Waals surface area contributed by atoms with E-state index in [-0.39, 0.29) is 17.6 Å². The van der Waals surface area contributed by atoms with Crippen molar-refractivity contribution >= 4 is 11.8 Å². The molecule has 0 bridgehead atoms. The molecule has 1 aliphatic carbocycles. The first-order valence-corrected chi connectivity index (χ1v) is 8.19. The Morgan fingerprint density at radius 2 is 1.92 bits per heavy atom. The fourth-order valence-electron chi connectivity index (χ4n) is 2.69. The van der Waals surface area contributed by atoms with Gasteiger partial charge in [-0.3, -0.25) is 9.59 Å². The molecule has 0 spiro atoms. The third-order valence-corrected chi connectivity index (χ3v) is 4.34. The van der Waals surface area contributed by atoms with Crippen LogP contribution in [0.2, 0.25) is 0 Å². The van der Waals surface area contributed by atoms with E-state index in [1.54, 1.807) is 25.1 Å². The van der Waals surface area contributed by atoms with E-state index >= 15 is 0 Å². The minimum atomic E-state index is -0.568. The van der Waals surface area contributed by atoms with Crippen molar-refractivity contribution in [1.82, 2.24) is 9.88 Å². The first-order chi connectivity index (χ1) is 12.0. The zero-order valence-corrected chi connectivity index (χ0v) is 14.4. The summed E-state index contributed by atoms with van der Waals surface area (Å²) in [6, 6.07) is 11.0. The highest BCUT2D eigenvalue weighted by molar-refractivity contribution is 5.98. The molecular weight excluding hydrogens is 318 g/mol. The minimum Gasteiger partial charge on any atom is -0.497 e. The van der Waals surface area contributed by atoms with Crippen molar-refractivity contribution in [1.29, 1.82) is 0 Å². The summed E-state index contributed by atoms with van der Waals surface area (Å²) in [7, 11) is 3.38. The van der Waals surface area contributed by atoms with Gasteiger partial charge in [0, 0.05) is 30.8 Å². The van der Waals surface area contributed by atoms with Crippen LogP contribution in [0, 0.1) is 0 Å². The third kappa shape index (κ3) is 3.96. The molecule has 0 unspecified atom stereocenters. The lowest BCUT2D eigenvalue weighted by atomic mass is 10.1. The van der Waals surface area contributed by atoms with E-state index < -0.39 is 5.91 Å². The molecule has 0 aliphatic heterocycles. The maximum atomic E-state index is 12.6. The Bertz CT molecular complexity index is 798. The van der Waals surface area contributed by atoms with Crippen molar-refractivity contribution in [2.75, 3.05) is 14.2 Å². The number of hydrogen-bond donors (Lipinski definition) is 1. The summed E-state index contributed by atoms with van der Waals surface area (Å²) in [5, 5.41) is 0. The number of aromatic nitrogens is 1. The Labute approximate surface area is 146 Å². The summed E-state index contributed by atoms with van der Waals surface area (Å²) >= 11 is 0. The van der Waals surface area contributed by atoms with Crippen LogP contribution in [0.1, 0.15) is 44.9 Å². The van der Waals surface area contributed by atoms with Crippen molar-refractivity contribution in [3.8, 4) is 5.75 Å². The molecule has 1 saturated carbocycles. The molecule has 1 aliphatic rings. The Morgan fingerprint density at radius 1 is 1.24 bits per heavy atom. The molecule has 6 nitrogen and oxygen atoms in total. The second kappa shape index (κ2) is 6.93. The van der Waals surface area contributed by atoms with Gasteiger partial charge >= 0.3 is 0 Å². The van der Waals surface area contributed by atoms with Gasteiger partial charge in [-0.2, -0.15) is 0 Å². The van der Waals surface area contributed by atoms with E-state index in [4.69, 9.17) is 10.5 Å². The molecule has 130 valence electrons. The second-order valence-electron chi connectivity index (χ2n) is 6.27.